The Morgan fingerprint density at radius 1 is 1.20 bits per heavy atom. The topological polar surface area (TPSA) is 90.5 Å². The van der Waals surface area contributed by atoms with E-state index in [1.807, 2.05) is 12.1 Å². The highest BCUT2D eigenvalue weighted by atomic mass is 16.2. The number of hydrogen-bond donors (Lipinski definition) is 3. The maximum absolute atomic E-state index is 12.4. The Balaban J connectivity index is 1.43. The van der Waals surface area contributed by atoms with Crippen molar-refractivity contribution in [1.29, 1.82) is 0 Å². The van der Waals surface area contributed by atoms with Crippen molar-refractivity contribution in [1.82, 2.24) is 20.9 Å². The second kappa shape index (κ2) is 8.11. The lowest BCUT2D eigenvalue weighted by Crippen LogP contribution is -2.49. The van der Waals surface area contributed by atoms with Gasteiger partial charge in [-0.1, -0.05) is 12.1 Å². The Hall–Kier alpha value is -2.41. The van der Waals surface area contributed by atoms with Crippen LogP contribution < -0.4 is 16.0 Å². The second-order valence-corrected chi connectivity index (χ2v) is 6.62. The molecule has 3 rings (SSSR count). The van der Waals surface area contributed by atoms with E-state index in [0.717, 1.165) is 18.0 Å². The molecule has 25 heavy (non-hydrogen) atoms. The molecule has 0 spiro atoms. The summed E-state index contributed by atoms with van der Waals surface area (Å²) in [6.07, 6.45) is 2.53. The lowest BCUT2D eigenvalue weighted by atomic mass is 10.1. The normalized spacial score (nSPS) is 17.1. The van der Waals surface area contributed by atoms with E-state index >= 15 is 0 Å². The summed E-state index contributed by atoms with van der Waals surface area (Å²) in [5.74, 6) is 0.452. The highest BCUT2D eigenvalue weighted by molar-refractivity contribution is 5.97. The fourth-order valence-corrected chi connectivity index (χ4v) is 2.73. The Kier molecular flexibility index (Phi) is 5.65. The van der Waals surface area contributed by atoms with E-state index in [1.165, 1.54) is 12.8 Å². The van der Waals surface area contributed by atoms with E-state index in [1.54, 1.807) is 17.0 Å². The quantitative estimate of drug-likeness (QED) is 0.643. The minimum Gasteiger partial charge on any atom is -0.353 e. The van der Waals surface area contributed by atoms with Crippen molar-refractivity contribution in [3.8, 4) is 0 Å². The molecule has 1 saturated heterocycles. The molecule has 0 aromatic heterocycles. The molecule has 0 atom stereocenters. The van der Waals surface area contributed by atoms with Crippen molar-refractivity contribution >= 4 is 17.7 Å². The first-order chi connectivity index (χ1) is 12.1. The van der Waals surface area contributed by atoms with Crippen LogP contribution in [0.4, 0.5) is 0 Å². The highest BCUT2D eigenvalue weighted by Gasteiger charge is 2.22. The number of piperazine rings is 1. The summed E-state index contributed by atoms with van der Waals surface area (Å²) in [5, 5.41) is 8.71. The first-order valence-corrected chi connectivity index (χ1v) is 8.74. The summed E-state index contributed by atoms with van der Waals surface area (Å²) in [6, 6.07) is 7.13. The molecule has 1 aliphatic carbocycles. The SMILES string of the molecule is O=C(CNCC1CC1)NCc1ccc(C(=O)N2CCNC(=O)C2)cc1. The van der Waals surface area contributed by atoms with Crippen molar-refractivity contribution in [3.63, 3.8) is 0 Å². The summed E-state index contributed by atoms with van der Waals surface area (Å²) < 4.78 is 0. The van der Waals surface area contributed by atoms with Crippen molar-refractivity contribution in [2.75, 3.05) is 32.7 Å². The first-order valence-electron chi connectivity index (χ1n) is 8.74. The number of nitrogens with one attached hydrogen (secondary N) is 3. The minimum atomic E-state index is -0.144. The molecule has 134 valence electrons. The summed E-state index contributed by atoms with van der Waals surface area (Å²) in [7, 11) is 0. The van der Waals surface area contributed by atoms with Crippen LogP contribution in [-0.4, -0.2) is 55.3 Å². The number of carbonyl (C=O) groups is 3. The van der Waals surface area contributed by atoms with Crippen molar-refractivity contribution in [3.05, 3.63) is 35.4 Å². The maximum Gasteiger partial charge on any atom is 0.254 e. The number of carbonyl (C=O) groups excluding carboxylic acids is 3. The molecule has 7 nitrogen and oxygen atoms in total. The smallest absolute Gasteiger partial charge is 0.254 e. The Bertz CT molecular complexity index is 640. The van der Waals surface area contributed by atoms with Crippen LogP contribution in [0.3, 0.4) is 0 Å². The second-order valence-electron chi connectivity index (χ2n) is 6.62. The largest absolute Gasteiger partial charge is 0.353 e. The van der Waals surface area contributed by atoms with Gasteiger partial charge in [0.1, 0.15) is 0 Å². The van der Waals surface area contributed by atoms with Crippen LogP contribution in [0.1, 0.15) is 28.8 Å². The molecular formula is C18H24N4O3. The first kappa shape index (κ1) is 17.4. The van der Waals surface area contributed by atoms with Crippen LogP contribution in [0.5, 0.6) is 0 Å². The molecule has 2 aliphatic rings. The fraction of sp³-hybridized carbons (Fsp3) is 0.500. The van der Waals surface area contributed by atoms with E-state index in [0.29, 0.717) is 31.7 Å². The molecule has 0 radical (unpaired) electrons. The van der Waals surface area contributed by atoms with E-state index in [2.05, 4.69) is 16.0 Å². The van der Waals surface area contributed by atoms with Gasteiger partial charge in [-0.25, -0.2) is 0 Å². The molecule has 1 aromatic carbocycles. The van der Waals surface area contributed by atoms with Gasteiger partial charge in [0.15, 0.2) is 0 Å². The van der Waals surface area contributed by atoms with Crippen LogP contribution in [0, 0.1) is 5.92 Å². The Labute approximate surface area is 147 Å². The number of amides is 3. The third-order valence-corrected chi connectivity index (χ3v) is 4.43. The van der Waals surface area contributed by atoms with E-state index in [-0.39, 0.29) is 24.3 Å². The third kappa shape index (κ3) is 5.29. The number of benzene rings is 1. The average molecular weight is 344 g/mol. The van der Waals surface area contributed by atoms with E-state index < -0.39 is 0 Å². The number of nitrogens with zero attached hydrogens (tertiary/aromatic N) is 1. The molecule has 0 unspecified atom stereocenters. The van der Waals surface area contributed by atoms with Gasteiger partial charge >= 0.3 is 0 Å². The highest BCUT2D eigenvalue weighted by Crippen LogP contribution is 2.27. The number of hydrogen-bond acceptors (Lipinski definition) is 4. The molecule has 3 amide bonds. The van der Waals surface area contributed by atoms with Gasteiger partial charge in [-0.15, -0.1) is 0 Å². The third-order valence-electron chi connectivity index (χ3n) is 4.43. The fourth-order valence-electron chi connectivity index (χ4n) is 2.73. The summed E-state index contributed by atoms with van der Waals surface area (Å²) in [5.41, 5.74) is 1.49. The van der Waals surface area contributed by atoms with E-state index in [9.17, 15) is 14.4 Å². The summed E-state index contributed by atoms with van der Waals surface area (Å²) >= 11 is 0. The molecule has 7 heteroatoms. The molecule has 1 saturated carbocycles. The molecule has 3 N–H and O–H groups in total. The van der Waals surface area contributed by atoms with Gasteiger partial charge in [-0.2, -0.15) is 0 Å². The molecule has 1 aliphatic heterocycles. The van der Waals surface area contributed by atoms with Crippen molar-refractivity contribution in [2.24, 2.45) is 5.92 Å². The van der Waals surface area contributed by atoms with Crippen LogP contribution >= 0.6 is 0 Å². The van der Waals surface area contributed by atoms with Crippen molar-refractivity contribution < 1.29 is 14.4 Å². The zero-order chi connectivity index (χ0) is 17.6. The lowest BCUT2D eigenvalue weighted by molar-refractivity contribution is -0.123. The summed E-state index contributed by atoms with van der Waals surface area (Å²) in [4.78, 5) is 37.0. The van der Waals surface area contributed by atoms with Gasteiger partial charge in [0.2, 0.25) is 11.8 Å². The Morgan fingerprint density at radius 2 is 1.96 bits per heavy atom. The van der Waals surface area contributed by atoms with Crippen LogP contribution in [0.15, 0.2) is 24.3 Å². The van der Waals surface area contributed by atoms with Crippen molar-refractivity contribution in [2.45, 2.75) is 19.4 Å². The van der Waals surface area contributed by atoms with Gasteiger partial charge in [0.25, 0.3) is 5.91 Å². The lowest BCUT2D eigenvalue weighted by Gasteiger charge is -2.26. The standard InChI is InChI=1S/C18H24N4O3/c23-16(11-19-9-13-1-2-13)21-10-14-3-5-15(6-4-14)18(25)22-8-7-20-17(24)12-22/h3-6,13,19H,1-2,7-12H2,(H,20,24)(H,21,23). The van der Waals surface area contributed by atoms with Gasteiger partial charge in [0, 0.05) is 25.2 Å². The maximum atomic E-state index is 12.4. The van der Waals surface area contributed by atoms with Gasteiger partial charge < -0.3 is 20.9 Å². The van der Waals surface area contributed by atoms with Gasteiger partial charge in [0.05, 0.1) is 13.1 Å². The average Bonchev–Trinajstić information content (AvgIpc) is 3.44. The minimum absolute atomic E-state index is 0.0277. The number of rotatable bonds is 7. The van der Waals surface area contributed by atoms with Crippen LogP contribution in [0.25, 0.3) is 0 Å². The van der Waals surface area contributed by atoms with Gasteiger partial charge in [-0.3, -0.25) is 14.4 Å². The zero-order valence-electron chi connectivity index (χ0n) is 14.2. The Morgan fingerprint density at radius 3 is 2.64 bits per heavy atom. The van der Waals surface area contributed by atoms with E-state index in [4.69, 9.17) is 0 Å². The zero-order valence-corrected chi connectivity index (χ0v) is 14.2. The molecule has 2 fully saturated rings. The van der Waals surface area contributed by atoms with Crippen LogP contribution in [-0.2, 0) is 16.1 Å². The van der Waals surface area contributed by atoms with Gasteiger partial charge in [-0.05, 0) is 43.0 Å². The summed E-state index contributed by atoms with van der Waals surface area (Å²) in [6.45, 7) is 2.80. The predicted molar refractivity (Wildman–Crippen MR) is 92.8 cm³/mol. The monoisotopic (exact) mass is 344 g/mol. The van der Waals surface area contributed by atoms with Crippen LogP contribution in [0.2, 0.25) is 0 Å². The molecule has 1 aromatic rings. The molecule has 1 heterocycles. The molecule has 0 bridgehead atoms. The predicted octanol–water partition coefficient (Wildman–Crippen LogP) is -0.126. The molecular weight excluding hydrogens is 320 g/mol.